The minimum absolute atomic E-state index is 0.0122. The first kappa shape index (κ1) is 15.6. The summed E-state index contributed by atoms with van der Waals surface area (Å²) in [5.41, 5.74) is 2.15. The molecule has 2 N–H and O–H groups in total. The second-order valence-electron chi connectivity index (χ2n) is 5.31. The van der Waals surface area contributed by atoms with Crippen molar-refractivity contribution >= 4 is 15.9 Å². The maximum atomic E-state index is 11.6. The maximum Gasteiger partial charge on any atom is 0.317 e. The van der Waals surface area contributed by atoms with Gasteiger partial charge in [0, 0.05) is 6.04 Å². The van der Waals surface area contributed by atoms with E-state index in [4.69, 9.17) is 4.74 Å². The third-order valence-electron chi connectivity index (χ3n) is 3.36. The van der Waals surface area contributed by atoms with Gasteiger partial charge < -0.3 is 15.4 Å². The summed E-state index contributed by atoms with van der Waals surface area (Å²) in [6.07, 6.45) is 0.466. The topological polar surface area (TPSA) is 84.5 Å². The Morgan fingerprint density at radius 1 is 1.38 bits per heavy atom. The van der Waals surface area contributed by atoms with Gasteiger partial charge in [0.05, 0.1) is 11.5 Å². The van der Waals surface area contributed by atoms with Crippen molar-refractivity contribution in [2.24, 2.45) is 0 Å². The van der Waals surface area contributed by atoms with Crippen LogP contribution in [0.1, 0.15) is 17.5 Å². The molecular formula is C14H20N2O4S. The molecule has 0 radical (unpaired) electrons. The Bertz CT molecular complexity index is 628. The van der Waals surface area contributed by atoms with Crippen LogP contribution in [0.25, 0.3) is 0 Å². The fraction of sp³-hybridized carbons (Fsp3) is 0.500. The van der Waals surface area contributed by atoms with Gasteiger partial charge in [-0.25, -0.2) is 13.2 Å². The molecule has 21 heavy (non-hydrogen) atoms. The van der Waals surface area contributed by atoms with Crippen LogP contribution in [0.15, 0.2) is 18.2 Å². The van der Waals surface area contributed by atoms with Gasteiger partial charge in [0.15, 0.2) is 16.6 Å². The van der Waals surface area contributed by atoms with Crippen molar-refractivity contribution in [2.45, 2.75) is 26.3 Å². The number of hydrogen-bond donors (Lipinski definition) is 2. The first-order chi connectivity index (χ1) is 9.85. The number of aryl methyl sites for hydroxylation is 2. The van der Waals surface area contributed by atoms with Crippen molar-refractivity contribution in [3.63, 3.8) is 0 Å². The van der Waals surface area contributed by atoms with Gasteiger partial charge in [-0.2, -0.15) is 0 Å². The van der Waals surface area contributed by atoms with Crippen LogP contribution >= 0.6 is 0 Å². The zero-order valence-electron chi connectivity index (χ0n) is 12.2. The Morgan fingerprint density at radius 2 is 2.14 bits per heavy atom. The van der Waals surface area contributed by atoms with E-state index in [1.165, 1.54) is 0 Å². The first-order valence-corrected chi connectivity index (χ1v) is 8.63. The molecule has 1 heterocycles. The molecule has 1 fully saturated rings. The van der Waals surface area contributed by atoms with E-state index in [0.29, 0.717) is 12.2 Å². The maximum absolute atomic E-state index is 11.6. The highest BCUT2D eigenvalue weighted by atomic mass is 32.2. The summed E-state index contributed by atoms with van der Waals surface area (Å²) in [6, 6.07) is 5.07. The van der Waals surface area contributed by atoms with Crippen LogP contribution in [0, 0.1) is 13.8 Å². The van der Waals surface area contributed by atoms with Crippen molar-refractivity contribution < 1.29 is 17.9 Å². The van der Waals surface area contributed by atoms with Gasteiger partial charge in [0.1, 0.15) is 5.75 Å². The van der Waals surface area contributed by atoms with Crippen LogP contribution in [-0.4, -0.2) is 38.7 Å². The summed E-state index contributed by atoms with van der Waals surface area (Å²) in [5, 5.41) is 5.20. The van der Waals surface area contributed by atoms with E-state index < -0.39 is 15.9 Å². The van der Waals surface area contributed by atoms with Gasteiger partial charge in [0.25, 0.3) is 0 Å². The summed E-state index contributed by atoms with van der Waals surface area (Å²) in [7, 11) is -2.99. The summed E-state index contributed by atoms with van der Waals surface area (Å²) in [4.78, 5) is 11.6. The summed E-state index contributed by atoms with van der Waals surface area (Å²) in [6.45, 7) is 3.97. The van der Waals surface area contributed by atoms with Crippen LogP contribution in [0.5, 0.6) is 5.75 Å². The number of rotatable bonds is 4. The molecular weight excluding hydrogens is 292 g/mol. The Balaban J connectivity index is 1.74. The van der Waals surface area contributed by atoms with Crippen LogP contribution in [0.4, 0.5) is 4.79 Å². The van der Waals surface area contributed by atoms with Crippen LogP contribution in [-0.2, 0) is 9.84 Å². The first-order valence-electron chi connectivity index (χ1n) is 6.80. The molecule has 6 nitrogen and oxygen atoms in total. The van der Waals surface area contributed by atoms with Crippen molar-refractivity contribution in [1.29, 1.82) is 0 Å². The largest absolute Gasteiger partial charge is 0.473 e. The normalized spacial score (nSPS) is 20.0. The molecule has 1 saturated heterocycles. The van der Waals surface area contributed by atoms with Crippen molar-refractivity contribution in [2.75, 3.05) is 18.2 Å². The van der Waals surface area contributed by atoms with E-state index in [-0.39, 0.29) is 24.3 Å². The number of carbonyl (C=O) groups excluding carboxylic acids is 1. The highest BCUT2D eigenvalue weighted by Crippen LogP contribution is 2.18. The smallest absolute Gasteiger partial charge is 0.317 e. The lowest BCUT2D eigenvalue weighted by molar-refractivity contribution is 0.221. The minimum Gasteiger partial charge on any atom is -0.473 e. The average Bonchev–Trinajstić information content (AvgIpc) is 2.71. The lowest BCUT2D eigenvalue weighted by atomic mass is 10.1. The molecule has 1 aromatic carbocycles. The zero-order valence-corrected chi connectivity index (χ0v) is 13.0. The van der Waals surface area contributed by atoms with Gasteiger partial charge in [-0.05, 0) is 31.9 Å². The summed E-state index contributed by atoms with van der Waals surface area (Å²) in [5.74, 6) is 0.861. The number of carbonyl (C=O) groups is 1. The van der Waals surface area contributed by atoms with Gasteiger partial charge in [-0.3, -0.25) is 0 Å². The molecule has 2 amide bonds. The Morgan fingerprint density at radius 3 is 2.76 bits per heavy atom. The average molecular weight is 312 g/mol. The molecule has 0 spiro atoms. The lowest BCUT2D eigenvalue weighted by Crippen LogP contribution is -2.43. The minimum atomic E-state index is -2.99. The van der Waals surface area contributed by atoms with E-state index >= 15 is 0 Å². The van der Waals surface area contributed by atoms with Crippen LogP contribution in [0.2, 0.25) is 0 Å². The van der Waals surface area contributed by atoms with Gasteiger partial charge in [-0.15, -0.1) is 0 Å². The molecule has 1 atom stereocenters. The Kier molecular flexibility index (Phi) is 4.72. The SMILES string of the molecule is Cc1ccc(OCNC(=O)NC2CCS(=O)(=O)C2)c(C)c1. The third kappa shape index (κ3) is 4.63. The fourth-order valence-corrected chi connectivity index (χ4v) is 3.96. The second kappa shape index (κ2) is 6.34. The van der Waals surface area contributed by atoms with Crippen molar-refractivity contribution in [3.05, 3.63) is 29.3 Å². The Labute approximate surface area is 124 Å². The number of hydrogen-bond acceptors (Lipinski definition) is 4. The number of amides is 2. The van der Waals surface area contributed by atoms with E-state index in [9.17, 15) is 13.2 Å². The van der Waals surface area contributed by atoms with Crippen LogP contribution in [0.3, 0.4) is 0 Å². The second-order valence-corrected chi connectivity index (χ2v) is 7.54. The van der Waals surface area contributed by atoms with E-state index in [0.717, 1.165) is 11.1 Å². The fourth-order valence-electron chi connectivity index (χ4n) is 2.29. The van der Waals surface area contributed by atoms with Crippen molar-refractivity contribution in [3.8, 4) is 5.75 Å². The molecule has 1 aliphatic rings. The lowest BCUT2D eigenvalue weighted by Gasteiger charge is -2.13. The molecule has 0 saturated carbocycles. The predicted molar refractivity (Wildman–Crippen MR) is 80.1 cm³/mol. The third-order valence-corrected chi connectivity index (χ3v) is 5.13. The molecule has 116 valence electrons. The highest BCUT2D eigenvalue weighted by molar-refractivity contribution is 7.91. The predicted octanol–water partition coefficient (Wildman–Crippen LogP) is 1.13. The molecule has 0 aromatic heterocycles. The molecule has 0 aliphatic carbocycles. The number of benzene rings is 1. The monoisotopic (exact) mass is 312 g/mol. The summed E-state index contributed by atoms with van der Waals surface area (Å²) >= 11 is 0. The van der Waals surface area contributed by atoms with Gasteiger partial charge >= 0.3 is 6.03 Å². The molecule has 2 rings (SSSR count). The van der Waals surface area contributed by atoms with E-state index in [1.54, 1.807) is 0 Å². The molecule has 1 aliphatic heterocycles. The Hall–Kier alpha value is -1.76. The standard InChI is InChI=1S/C14H20N2O4S/c1-10-3-4-13(11(2)7-10)20-9-15-14(17)16-12-5-6-21(18,19)8-12/h3-4,7,12H,5-6,8-9H2,1-2H3,(H2,15,16,17). The quantitative estimate of drug-likeness (QED) is 0.816. The number of sulfone groups is 1. The van der Waals surface area contributed by atoms with E-state index in [1.807, 2.05) is 32.0 Å². The van der Waals surface area contributed by atoms with E-state index in [2.05, 4.69) is 10.6 Å². The zero-order chi connectivity index (χ0) is 15.5. The number of nitrogens with one attached hydrogen (secondary N) is 2. The molecule has 0 bridgehead atoms. The van der Waals surface area contributed by atoms with Gasteiger partial charge in [-0.1, -0.05) is 17.7 Å². The van der Waals surface area contributed by atoms with Gasteiger partial charge in [0.2, 0.25) is 0 Å². The van der Waals surface area contributed by atoms with Crippen LogP contribution < -0.4 is 15.4 Å². The van der Waals surface area contributed by atoms with Crippen molar-refractivity contribution in [1.82, 2.24) is 10.6 Å². The molecule has 1 unspecified atom stereocenters. The number of ether oxygens (including phenoxy) is 1. The highest BCUT2D eigenvalue weighted by Gasteiger charge is 2.28. The number of urea groups is 1. The molecule has 7 heteroatoms. The molecule has 1 aromatic rings. The summed E-state index contributed by atoms with van der Waals surface area (Å²) < 4.78 is 28.1.